The first-order chi connectivity index (χ1) is 13.6. The Morgan fingerprint density at radius 3 is 2.82 bits per heavy atom. The van der Waals surface area contributed by atoms with Crippen molar-refractivity contribution in [2.24, 2.45) is 0 Å². The van der Waals surface area contributed by atoms with E-state index in [0.717, 1.165) is 28.9 Å². The Kier molecular flexibility index (Phi) is 4.93. The fraction of sp³-hybridized carbons (Fsp3) is 0.227. The highest BCUT2D eigenvalue weighted by Gasteiger charge is 2.24. The van der Waals surface area contributed by atoms with Crippen molar-refractivity contribution < 1.29 is 9.59 Å². The second-order valence-electron chi connectivity index (χ2n) is 6.85. The van der Waals surface area contributed by atoms with E-state index in [4.69, 9.17) is 0 Å². The van der Waals surface area contributed by atoms with Gasteiger partial charge in [0.25, 0.3) is 5.91 Å². The standard InChI is InChI=1S/C22H22N4O2/c1-2-21(27)26-12-9-17-14-18(7-8-20(17)26)22(28)24-19-6-3-5-16(13-19)15-25-11-4-10-23-25/h3-8,10-11,13-14H,2,9,12,15H2,1H3,(H,24,28). The SMILES string of the molecule is CCC(=O)N1CCc2cc(C(=O)Nc3cccc(Cn4cccn4)c3)ccc21. The monoisotopic (exact) mass is 374 g/mol. The predicted molar refractivity (Wildman–Crippen MR) is 109 cm³/mol. The minimum Gasteiger partial charge on any atom is -0.322 e. The molecule has 0 spiro atoms. The molecular weight excluding hydrogens is 352 g/mol. The number of nitrogens with one attached hydrogen (secondary N) is 1. The summed E-state index contributed by atoms with van der Waals surface area (Å²) in [6.07, 6.45) is 4.91. The van der Waals surface area contributed by atoms with Crippen LogP contribution in [-0.4, -0.2) is 28.1 Å². The van der Waals surface area contributed by atoms with Crippen molar-refractivity contribution in [1.82, 2.24) is 9.78 Å². The number of carbonyl (C=O) groups is 2. The van der Waals surface area contributed by atoms with E-state index in [9.17, 15) is 9.59 Å². The summed E-state index contributed by atoms with van der Waals surface area (Å²) in [6.45, 7) is 3.20. The van der Waals surface area contributed by atoms with Gasteiger partial charge in [-0.2, -0.15) is 5.10 Å². The van der Waals surface area contributed by atoms with Crippen LogP contribution in [0.2, 0.25) is 0 Å². The van der Waals surface area contributed by atoms with Gasteiger partial charge in [0.2, 0.25) is 5.91 Å². The van der Waals surface area contributed by atoms with Crippen molar-refractivity contribution in [1.29, 1.82) is 0 Å². The summed E-state index contributed by atoms with van der Waals surface area (Å²) in [5.41, 5.74) is 4.37. The van der Waals surface area contributed by atoms with Crippen LogP contribution < -0.4 is 10.2 Å². The van der Waals surface area contributed by atoms with Gasteiger partial charge in [-0.25, -0.2) is 0 Å². The molecule has 6 nitrogen and oxygen atoms in total. The number of hydrogen-bond donors (Lipinski definition) is 1. The van der Waals surface area contributed by atoms with Crippen LogP contribution >= 0.6 is 0 Å². The summed E-state index contributed by atoms with van der Waals surface area (Å²) in [4.78, 5) is 26.5. The quantitative estimate of drug-likeness (QED) is 0.743. The average molecular weight is 374 g/mol. The van der Waals surface area contributed by atoms with Crippen molar-refractivity contribution in [3.05, 3.63) is 77.6 Å². The Labute approximate surface area is 163 Å². The zero-order valence-corrected chi connectivity index (χ0v) is 15.8. The maximum atomic E-state index is 12.7. The van der Waals surface area contributed by atoms with E-state index in [-0.39, 0.29) is 11.8 Å². The maximum absolute atomic E-state index is 12.7. The summed E-state index contributed by atoms with van der Waals surface area (Å²) in [5.74, 6) is -0.0377. The Hall–Kier alpha value is -3.41. The van der Waals surface area contributed by atoms with Crippen LogP contribution in [-0.2, 0) is 17.8 Å². The molecule has 1 N–H and O–H groups in total. The fourth-order valence-corrected chi connectivity index (χ4v) is 3.52. The first-order valence-corrected chi connectivity index (χ1v) is 9.45. The molecule has 6 heteroatoms. The summed E-state index contributed by atoms with van der Waals surface area (Å²) in [5, 5.41) is 7.17. The first kappa shape index (κ1) is 18.0. The molecule has 3 aromatic rings. The van der Waals surface area contributed by atoms with Gasteiger partial charge in [-0.1, -0.05) is 19.1 Å². The number of carbonyl (C=O) groups excluding carboxylic acids is 2. The molecule has 0 fully saturated rings. The molecule has 0 aliphatic carbocycles. The third kappa shape index (κ3) is 3.67. The second kappa shape index (κ2) is 7.68. The lowest BCUT2D eigenvalue weighted by Gasteiger charge is -2.16. The molecule has 2 amide bonds. The van der Waals surface area contributed by atoms with Crippen LogP contribution in [0.25, 0.3) is 0 Å². The number of hydrogen-bond acceptors (Lipinski definition) is 3. The summed E-state index contributed by atoms with van der Waals surface area (Å²) in [6, 6.07) is 15.2. The number of aromatic nitrogens is 2. The molecule has 2 heterocycles. The van der Waals surface area contributed by atoms with E-state index in [0.29, 0.717) is 25.1 Å². The van der Waals surface area contributed by atoms with Gasteiger partial charge in [0.05, 0.1) is 6.54 Å². The predicted octanol–water partition coefficient (Wildman–Crippen LogP) is 3.48. The summed E-state index contributed by atoms with van der Waals surface area (Å²) >= 11 is 0. The second-order valence-corrected chi connectivity index (χ2v) is 6.85. The van der Waals surface area contributed by atoms with E-state index in [1.54, 1.807) is 17.2 Å². The van der Waals surface area contributed by atoms with Gasteiger partial charge in [-0.3, -0.25) is 14.3 Å². The molecule has 1 aliphatic rings. The molecule has 1 aromatic heterocycles. The van der Waals surface area contributed by atoms with E-state index in [1.807, 2.05) is 60.3 Å². The fourth-order valence-electron chi connectivity index (χ4n) is 3.52. The molecule has 142 valence electrons. The molecule has 2 aromatic carbocycles. The molecular formula is C22H22N4O2. The number of nitrogens with zero attached hydrogens (tertiary/aromatic N) is 3. The first-order valence-electron chi connectivity index (χ1n) is 9.45. The van der Waals surface area contributed by atoms with Crippen LogP contribution in [0.3, 0.4) is 0 Å². The maximum Gasteiger partial charge on any atom is 0.255 e. The molecule has 28 heavy (non-hydrogen) atoms. The van der Waals surface area contributed by atoms with Crippen molar-refractivity contribution in [2.75, 3.05) is 16.8 Å². The van der Waals surface area contributed by atoms with Crippen LogP contribution in [0, 0.1) is 0 Å². The lowest BCUT2D eigenvalue weighted by Crippen LogP contribution is -2.27. The molecule has 0 saturated heterocycles. The molecule has 0 saturated carbocycles. The van der Waals surface area contributed by atoms with E-state index < -0.39 is 0 Å². The number of amides is 2. The lowest BCUT2D eigenvalue weighted by molar-refractivity contribution is -0.118. The van der Waals surface area contributed by atoms with Gasteiger partial charge in [0.1, 0.15) is 0 Å². The van der Waals surface area contributed by atoms with Crippen LogP contribution in [0.15, 0.2) is 60.9 Å². The Morgan fingerprint density at radius 1 is 1.14 bits per heavy atom. The summed E-state index contributed by atoms with van der Waals surface area (Å²) < 4.78 is 1.84. The van der Waals surface area contributed by atoms with Crippen LogP contribution in [0.1, 0.15) is 34.8 Å². The number of benzene rings is 2. The molecule has 0 bridgehead atoms. The minimum absolute atomic E-state index is 0.116. The lowest BCUT2D eigenvalue weighted by atomic mass is 10.1. The van der Waals surface area contributed by atoms with Gasteiger partial charge in [-0.05, 0) is 53.9 Å². The summed E-state index contributed by atoms with van der Waals surface area (Å²) in [7, 11) is 0. The van der Waals surface area contributed by atoms with Crippen molar-refractivity contribution in [3.8, 4) is 0 Å². The van der Waals surface area contributed by atoms with Crippen molar-refractivity contribution in [2.45, 2.75) is 26.3 Å². The zero-order valence-electron chi connectivity index (χ0n) is 15.8. The van der Waals surface area contributed by atoms with Crippen molar-refractivity contribution >= 4 is 23.2 Å². The van der Waals surface area contributed by atoms with E-state index in [1.165, 1.54) is 0 Å². The van der Waals surface area contributed by atoms with Crippen LogP contribution in [0.4, 0.5) is 11.4 Å². The minimum atomic E-state index is -0.153. The molecule has 0 unspecified atom stereocenters. The average Bonchev–Trinajstić information content (AvgIpc) is 3.36. The van der Waals surface area contributed by atoms with Crippen LogP contribution in [0.5, 0.6) is 0 Å². The topological polar surface area (TPSA) is 67.2 Å². The Bertz CT molecular complexity index is 1010. The highest BCUT2D eigenvalue weighted by atomic mass is 16.2. The number of anilines is 2. The third-order valence-corrected chi connectivity index (χ3v) is 4.93. The normalized spacial score (nSPS) is 12.7. The molecule has 4 rings (SSSR count). The highest BCUT2D eigenvalue weighted by molar-refractivity contribution is 6.05. The molecule has 0 atom stereocenters. The largest absolute Gasteiger partial charge is 0.322 e. The number of fused-ring (bicyclic) bond motifs is 1. The molecule has 0 radical (unpaired) electrons. The van der Waals surface area contributed by atoms with Gasteiger partial charge in [-0.15, -0.1) is 0 Å². The zero-order chi connectivity index (χ0) is 19.5. The Morgan fingerprint density at radius 2 is 2.04 bits per heavy atom. The van der Waals surface area contributed by atoms with E-state index in [2.05, 4.69) is 10.4 Å². The molecule has 1 aliphatic heterocycles. The smallest absolute Gasteiger partial charge is 0.255 e. The van der Waals surface area contributed by atoms with Gasteiger partial charge < -0.3 is 10.2 Å². The Balaban J connectivity index is 1.48. The van der Waals surface area contributed by atoms with Gasteiger partial charge >= 0.3 is 0 Å². The third-order valence-electron chi connectivity index (χ3n) is 4.93. The van der Waals surface area contributed by atoms with Gasteiger partial charge in [0.15, 0.2) is 0 Å². The number of rotatable bonds is 5. The van der Waals surface area contributed by atoms with Gasteiger partial charge in [0, 0.05) is 42.3 Å². The van der Waals surface area contributed by atoms with Crippen molar-refractivity contribution in [3.63, 3.8) is 0 Å². The van der Waals surface area contributed by atoms with E-state index >= 15 is 0 Å². The highest BCUT2D eigenvalue weighted by Crippen LogP contribution is 2.29.